The predicted molar refractivity (Wildman–Crippen MR) is 264 cm³/mol. The second kappa shape index (κ2) is 14.5. The summed E-state index contributed by atoms with van der Waals surface area (Å²) in [4.78, 5) is 16.1. The van der Waals surface area contributed by atoms with Crippen LogP contribution in [-0.4, -0.2) is 19.5 Å². The van der Waals surface area contributed by atoms with E-state index in [9.17, 15) is 0 Å². The van der Waals surface area contributed by atoms with E-state index in [1.165, 1.54) is 32.3 Å². The van der Waals surface area contributed by atoms with E-state index in [1.807, 2.05) is 24.3 Å². The van der Waals surface area contributed by atoms with Crippen molar-refractivity contribution in [1.82, 2.24) is 19.5 Å². The second-order valence-corrected chi connectivity index (χ2v) is 16.4. The van der Waals surface area contributed by atoms with Gasteiger partial charge in [-0.05, 0) is 98.4 Å². The molecule has 0 unspecified atom stereocenters. The first kappa shape index (κ1) is 36.0. The van der Waals surface area contributed by atoms with E-state index in [4.69, 9.17) is 19.4 Å². The summed E-state index contributed by atoms with van der Waals surface area (Å²) < 4.78 is 9.07. The van der Waals surface area contributed by atoms with E-state index in [-0.39, 0.29) is 0 Å². The number of hydrogen-bond acceptors (Lipinski definition) is 4. The van der Waals surface area contributed by atoms with Crippen LogP contribution in [0.5, 0.6) is 0 Å². The van der Waals surface area contributed by atoms with Crippen LogP contribution >= 0.6 is 0 Å². The van der Waals surface area contributed by atoms with Crippen LogP contribution in [0.2, 0.25) is 0 Å². The van der Waals surface area contributed by atoms with Crippen LogP contribution in [0.3, 0.4) is 0 Å². The van der Waals surface area contributed by atoms with Crippen LogP contribution in [0.1, 0.15) is 0 Å². The number of nitrogens with zero attached hydrogens (tertiary/aromatic N) is 4. The van der Waals surface area contributed by atoms with E-state index in [1.54, 1.807) is 0 Å². The fourth-order valence-electron chi connectivity index (χ4n) is 9.46. The summed E-state index contributed by atoms with van der Waals surface area (Å²) in [6, 6.07) is 77.0. The highest BCUT2D eigenvalue weighted by Gasteiger charge is 2.23. The van der Waals surface area contributed by atoms with Gasteiger partial charge in [0, 0.05) is 38.2 Å². The van der Waals surface area contributed by atoms with Gasteiger partial charge in [0.25, 0.3) is 0 Å². The molecular weight excluding hydrogens is 781 g/mol. The molecule has 13 rings (SSSR count). The number of hydrogen-bond donors (Lipinski definition) is 0. The highest BCUT2D eigenvalue weighted by Crippen LogP contribution is 2.43. The number of para-hydroxylation sites is 1. The zero-order chi connectivity index (χ0) is 42.1. The Labute approximate surface area is 368 Å². The Balaban J connectivity index is 1.13. The lowest BCUT2D eigenvalue weighted by Gasteiger charge is -2.16. The smallest absolute Gasteiger partial charge is 0.166 e. The van der Waals surface area contributed by atoms with Gasteiger partial charge < -0.3 is 8.98 Å². The van der Waals surface area contributed by atoms with Crippen molar-refractivity contribution in [2.45, 2.75) is 0 Å². The van der Waals surface area contributed by atoms with Gasteiger partial charge in [-0.1, -0.05) is 164 Å². The van der Waals surface area contributed by atoms with Gasteiger partial charge in [-0.3, -0.25) is 0 Å². The fourth-order valence-corrected chi connectivity index (χ4v) is 9.46. The number of furan rings is 1. The first-order valence-corrected chi connectivity index (χ1v) is 21.6. The average Bonchev–Trinajstić information content (AvgIpc) is 3.88. The molecule has 5 heteroatoms. The zero-order valence-corrected chi connectivity index (χ0v) is 34.5. The van der Waals surface area contributed by atoms with Crippen molar-refractivity contribution in [3.05, 3.63) is 218 Å². The Morgan fingerprint density at radius 3 is 1.31 bits per heavy atom. The monoisotopic (exact) mass is 816 g/mol. The quantitative estimate of drug-likeness (QED) is 0.168. The highest BCUT2D eigenvalue weighted by molar-refractivity contribution is 6.17. The summed E-state index contributed by atoms with van der Waals surface area (Å²) in [5.74, 6) is 1.71. The molecule has 0 N–H and O–H groups in total. The molecule has 0 aliphatic rings. The molecule has 0 saturated carbocycles. The van der Waals surface area contributed by atoms with Crippen LogP contribution in [0, 0.1) is 0 Å². The van der Waals surface area contributed by atoms with Crippen LogP contribution in [0.15, 0.2) is 223 Å². The second-order valence-electron chi connectivity index (χ2n) is 16.4. The molecule has 0 bridgehead atoms. The maximum Gasteiger partial charge on any atom is 0.166 e. The molecule has 10 aromatic carbocycles. The van der Waals surface area contributed by atoms with Crippen molar-refractivity contribution in [1.29, 1.82) is 0 Å². The Bertz CT molecular complexity index is 3770. The third kappa shape index (κ3) is 5.98. The van der Waals surface area contributed by atoms with Crippen molar-refractivity contribution in [3.8, 4) is 62.1 Å². The van der Waals surface area contributed by atoms with Gasteiger partial charge in [-0.25, -0.2) is 15.0 Å². The van der Waals surface area contributed by atoms with Crippen LogP contribution in [0.25, 0.3) is 127 Å². The zero-order valence-electron chi connectivity index (χ0n) is 34.5. The number of fused-ring (bicyclic) bond motifs is 8. The summed E-state index contributed by atoms with van der Waals surface area (Å²) in [5, 5.41) is 9.15. The van der Waals surface area contributed by atoms with E-state index >= 15 is 0 Å². The third-order valence-corrected chi connectivity index (χ3v) is 12.6. The van der Waals surface area contributed by atoms with Crippen molar-refractivity contribution >= 4 is 65.3 Å². The molecule has 5 nitrogen and oxygen atoms in total. The van der Waals surface area contributed by atoms with Crippen molar-refractivity contribution in [2.75, 3.05) is 0 Å². The molecule has 0 aliphatic carbocycles. The molecule has 0 spiro atoms. The van der Waals surface area contributed by atoms with E-state index in [2.05, 4.69) is 199 Å². The molecule has 0 saturated heterocycles. The standard InChI is InChI=1S/C59H36N4O/c1-3-15-37(16-4-1)39-23-13-25-45(29-39)57-60-58(46-26-14-24-40(30-46)38-17-5-2-6-18-38)62-59(61-57)51-36-56-50(47-27-11-12-28-55(47)64-56)35-54(51)63-52-33-43-21-9-7-19-41(43)31-48(52)49-32-42-20-8-10-22-44(42)34-53(49)63/h1-36H. The topological polar surface area (TPSA) is 56.7 Å². The van der Waals surface area contributed by atoms with Gasteiger partial charge in [-0.15, -0.1) is 0 Å². The summed E-state index contributed by atoms with van der Waals surface area (Å²) in [7, 11) is 0. The van der Waals surface area contributed by atoms with Gasteiger partial charge in [0.2, 0.25) is 0 Å². The molecule has 0 amide bonds. The average molecular weight is 817 g/mol. The molecule has 3 aromatic heterocycles. The summed E-state index contributed by atoms with van der Waals surface area (Å²) >= 11 is 0. The van der Waals surface area contributed by atoms with Crippen molar-refractivity contribution < 1.29 is 4.42 Å². The minimum Gasteiger partial charge on any atom is -0.456 e. The molecule has 64 heavy (non-hydrogen) atoms. The SMILES string of the molecule is c1ccc(-c2cccc(-c3nc(-c4cccc(-c5ccccc5)c4)nc(-c4cc5oc6ccccc6c5cc4-n4c5cc6ccccc6cc5c5cc6ccccc6cc54)n3)c2)cc1. The number of rotatable bonds is 6. The summed E-state index contributed by atoms with van der Waals surface area (Å²) in [5.41, 5.74) is 11.8. The maximum atomic E-state index is 6.66. The molecule has 3 heterocycles. The van der Waals surface area contributed by atoms with Gasteiger partial charge in [-0.2, -0.15) is 0 Å². The maximum absolute atomic E-state index is 6.66. The van der Waals surface area contributed by atoms with Gasteiger partial charge >= 0.3 is 0 Å². The third-order valence-electron chi connectivity index (χ3n) is 12.6. The number of benzene rings is 10. The molecule has 0 aliphatic heterocycles. The molecule has 298 valence electrons. The normalized spacial score (nSPS) is 11.8. The molecule has 0 radical (unpaired) electrons. The lowest BCUT2D eigenvalue weighted by molar-refractivity contribution is 0.669. The lowest BCUT2D eigenvalue weighted by Crippen LogP contribution is -2.04. The molecular formula is C59H36N4O. The first-order valence-electron chi connectivity index (χ1n) is 21.6. The Kier molecular flexibility index (Phi) is 8.15. The Morgan fingerprint density at radius 2 is 0.750 bits per heavy atom. The summed E-state index contributed by atoms with van der Waals surface area (Å²) in [6.07, 6.45) is 0. The van der Waals surface area contributed by atoms with Crippen LogP contribution in [-0.2, 0) is 0 Å². The number of aromatic nitrogens is 4. The minimum absolute atomic E-state index is 0.546. The van der Waals surface area contributed by atoms with E-state index < -0.39 is 0 Å². The molecule has 0 fully saturated rings. The fraction of sp³-hybridized carbons (Fsp3) is 0. The van der Waals surface area contributed by atoms with Gasteiger partial charge in [0.1, 0.15) is 11.2 Å². The van der Waals surface area contributed by atoms with Gasteiger partial charge in [0.05, 0.1) is 16.7 Å². The minimum atomic E-state index is 0.546. The van der Waals surface area contributed by atoms with Crippen LogP contribution < -0.4 is 0 Å². The van der Waals surface area contributed by atoms with Gasteiger partial charge in [0.15, 0.2) is 17.5 Å². The first-order chi connectivity index (χ1) is 31.7. The lowest BCUT2D eigenvalue weighted by atomic mass is 10.0. The predicted octanol–water partition coefficient (Wildman–Crippen LogP) is 15.5. The largest absolute Gasteiger partial charge is 0.456 e. The van der Waals surface area contributed by atoms with Crippen molar-refractivity contribution in [2.24, 2.45) is 0 Å². The Morgan fingerprint density at radius 1 is 0.297 bits per heavy atom. The molecule has 0 atom stereocenters. The van der Waals surface area contributed by atoms with E-state index in [0.717, 1.165) is 77.6 Å². The summed E-state index contributed by atoms with van der Waals surface area (Å²) in [6.45, 7) is 0. The Hall–Kier alpha value is -8.67. The van der Waals surface area contributed by atoms with Crippen molar-refractivity contribution in [3.63, 3.8) is 0 Å². The van der Waals surface area contributed by atoms with E-state index in [0.29, 0.717) is 17.5 Å². The molecule has 13 aromatic rings. The van der Waals surface area contributed by atoms with Crippen LogP contribution in [0.4, 0.5) is 0 Å². The highest BCUT2D eigenvalue weighted by atomic mass is 16.3.